The van der Waals surface area contributed by atoms with Gasteiger partial charge in [-0.15, -0.1) is 0 Å². The molecule has 15 heteroatoms. The van der Waals surface area contributed by atoms with E-state index >= 15 is 0 Å². The third-order valence-corrected chi connectivity index (χ3v) is 9.02. The van der Waals surface area contributed by atoms with E-state index < -0.39 is 23.0 Å². The number of hydrogen-bond donors (Lipinski definition) is 5. The number of rotatable bonds is 14. The van der Waals surface area contributed by atoms with Crippen LogP contribution in [0, 0.1) is 22.6 Å². The normalized spacial score (nSPS) is 12.8. The van der Waals surface area contributed by atoms with Crippen molar-refractivity contribution in [2.24, 2.45) is 5.41 Å². The first-order valence-electron chi connectivity index (χ1n) is 17.3. The summed E-state index contributed by atoms with van der Waals surface area (Å²) in [6.07, 6.45) is 1.70. The summed E-state index contributed by atoms with van der Waals surface area (Å²) in [6, 6.07) is 28.6. The highest BCUT2D eigenvalue weighted by Crippen LogP contribution is 2.48. The van der Waals surface area contributed by atoms with Crippen molar-refractivity contribution in [2.45, 2.75) is 38.8 Å². The topological polar surface area (TPSA) is 183 Å². The molecule has 1 saturated carbocycles. The second-order valence-electron chi connectivity index (χ2n) is 13.7. The Labute approximate surface area is 321 Å². The van der Waals surface area contributed by atoms with Crippen molar-refractivity contribution >= 4 is 52.6 Å². The standard InChI is InChI=1S/C40H37ClFN9O4/c1-39(2,24-45-34(53)35(54)46-30-15-7-25(21-43)8-16-30)23-44-33(52)26-9-17-31(18-10-26)47-36-48-37(51-40(19-20-40)28-11-13-29(41)14-12-28)50-38(49-36)55-22-27-5-3-4-6-32(27)42/h3-18H,19-20,22-24H2,1-2H3,(H,44,52)(H,45,53)(H,46,54)(H2,47,48,49,50,51). The summed E-state index contributed by atoms with van der Waals surface area (Å²) in [5, 5.41) is 24.1. The minimum absolute atomic E-state index is 0.0168. The maximum atomic E-state index is 14.3. The highest BCUT2D eigenvalue weighted by Gasteiger charge is 2.45. The van der Waals surface area contributed by atoms with Crippen LogP contribution in [0.25, 0.3) is 0 Å². The van der Waals surface area contributed by atoms with E-state index in [9.17, 15) is 18.8 Å². The van der Waals surface area contributed by atoms with Crippen LogP contribution in [0.15, 0.2) is 97.1 Å². The molecule has 5 aromatic rings. The molecule has 3 amide bonds. The van der Waals surface area contributed by atoms with E-state index in [-0.39, 0.29) is 49.0 Å². The van der Waals surface area contributed by atoms with Crippen molar-refractivity contribution in [3.05, 3.63) is 130 Å². The highest BCUT2D eigenvalue weighted by atomic mass is 35.5. The first-order chi connectivity index (χ1) is 26.4. The molecule has 0 radical (unpaired) electrons. The number of amides is 3. The Morgan fingerprint density at radius 1 is 0.836 bits per heavy atom. The van der Waals surface area contributed by atoms with Gasteiger partial charge < -0.3 is 31.3 Å². The van der Waals surface area contributed by atoms with Crippen molar-refractivity contribution in [2.75, 3.05) is 29.0 Å². The van der Waals surface area contributed by atoms with Gasteiger partial charge in [0.15, 0.2) is 0 Å². The van der Waals surface area contributed by atoms with Gasteiger partial charge >= 0.3 is 17.8 Å². The number of ether oxygens (including phenoxy) is 1. The van der Waals surface area contributed by atoms with Gasteiger partial charge in [-0.3, -0.25) is 14.4 Å². The van der Waals surface area contributed by atoms with Gasteiger partial charge in [-0.25, -0.2) is 4.39 Å². The molecule has 1 aliphatic carbocycles. The second-order valence-corrected chi connectivity index (χ2v) is 14.2. The van der Waals surface area contributed by atoms with Crippen molar-refractivity contribution in [3.63, 3.8) is 0 Å². The molecule has 0 bridgehead atoms. The largest absolute Gasteiger partial charge is 0.458 e. The van der Waals surface area contributed by atoms with Crippen LogP contribution >= 0.6 is 11.6 Å². The van der Waals surface area contributed by atoms with Crippen LogP contribution in [0.3, 0.4) is 0 Å². The lowest BCUT2D eigenvalue weighted by Gasteiger charge is -2.25. The van der Waals surface area contributed by atoms with E-state index in [0.29, 0.717) is 33.1 Å². The predicted octanol–water partition coefficient (Wildman–Crippen LogP) is 6.47. The van der Waals surface area contributed by atoms with Crippen LogP contribution in [0.4, 0.5) is 27.7 Å². The summed E-state index contributed by atoms with van der Waals surface area (Å²) < 4.78 is 20.1. The first-order valence-corrected chi connectivity index (χ1v) is 17.7. The number of nitrogens with one attached hydrogen (secondary N) is 5. The molecule has 280 valence electrons. The number of carbonyl (C=O) groups excluding carboxylic acids is 3. The molecular weight excluding hydrogens is 725 g/mol. The van der Waals surface area contributed by atoms with Crippen molar-refractivity contribution in [1.82, 2.24) is 25.6 Å². The number of aromatic nitrogens is 3. The third kappa shape index (κ3) is 10.3. The summed E-state index contributed by atoms with van der Waals surface area (Å²) >= 11 is 6.12. The lowest BCUT2D eigenvalue weighted by atomic mass is 9.93. The summed E-state index contributed by atoms with van der Waals surface area (Å²) in [5.41, 5.74) is 2.18. The van der Waals surface area contributed by atoms with Gasteiger partial charge in [-0.2, -0.15) is 20.2 Å². The number of carbonyl (C=O) groups is 3. The van der Waals surface area contributed by atoms with Crippen molar-refractivity contribution in [3.8, 4) is 12.1 Å². The van der Waals surface area contributed by atoms with E-state index in [2.05, 4.69) is 41.5 Å². The fraction of sp³-hybridized carbons (Fsp3) is 0.225. The molecule has 5 N–H and O–H groups in total. The molecule has 0 saturated heterocycles. The highest BCUT2D eigenvalue weighted by molar-refractivity contribution is 6.39. The predicted molar refractivity (Wildman–Crippen MR) is 205 cm³/mol. The first kappa shape index (κ1) is 38.1. The van der Waals surface area contributed by atoms with E-state index in [1.807, 2.05) is 44.2 Å². The molecule has 0 unspecified atom stereocenters. The van der Waals surface area contributed by atoms with E-state index in [1.165, 1.54) is 30.3 Å². The average molecular weight is 762 g/mol. The van der Waals surface area contributed by atoms with Gasteiger partial charge in [0, 0.05) is 40.6 Å². The number of nitrogens with zero attached hydrogens (tertiary/aromatic N) is 4. The zero-order valence-electron chi connectivity index (χ0n) is 30.0. The molecule has 0 atom stereocenters. The monoisotopic (exact) mass is 761 g/mol. The molecule has 0 aliphatic heterocycles. The number of benzene rings is 4. The minimum Gasteiger partial charge on any atom is -0.458 e. The molecule has 1 heterocycles. The zero-order chi connectivity index (χ0) is 39.0. The Bertz CT molecular complexity index is 2220. The quantitative estimate of drug-likeness (QED) is 0.0787. The Hall–Kier alpha value is -6.59. The maximum absolute atomic E-state index is 14.3. The van der Waals surface area contributed by atoms with Gasteiger partial charge in [0.25, 0.3) is 5.91 Å². The van der Waals surface area contributed by atoms with Crippen molar-refractivity contribution < 1.29 is 23.5 Å². The van der Waals surface area contributed by atoms with Crippen LogP contribution in [-0.4, -0.2) is 45.8 Å². The van der Waals surface area contributed by atoms with Crippen LogP contribution in [-0.2, 0) is 21.7 Å². The van der Waals surface area contributed by atoms with Crippen LogP contribution in [0.2, 0.25) is 5.02 Å². The second kappa shape index (κ2) is 16.6. The number of anilines is 4. The third-order valence-electron chi connectivity index (χ3n) is 8.76. The van der Waals surface area contributed by atoms with E-state index in [0.717, 1.165) is 18.4 Å². The zero-order valence-corrected chi connectivity index (χ0v) is 30.7. The van der Waals surface area contributed by atoms with Crippen molar-refractivity contribution in [1.29, 1.82) is 5.26 Å². The minimum atomic E-state index is -0.848. The maximum Gasteiger partial charge on any atom is 0.323 e. The summed E-state index contributed by atoms with van der Waals surface area (Å²) in [6.45, 7) is 3.90. The van der Waals surface area contributed by atoms with Crippen LogP contribution in [0.5, 0.6) is 6.01 Å². The van der Waals surface area contributed by atoms with Gasteiger partial charge in [-0.05, 0) is 90.6 Å². The van der Waals surface area contributed by atoms with Crippen LogP contribution in [0.1, 0.15) is 53.7 Å². The fourth-order valence-electron chi connectivity index (χ4n) is 5.42. The molecule has 6 rings (SSSR count). The molecule has 1 aromatic heterocycles. The van der Waals surface area contributed by atoms with E-state index in [4.69, 9.17) is 21.6 Å². The van der Waals surface area contributed by atoms with Gasteiger partial charge in [0.2, 0.25) is 11.9 Å². The lowest BCUT2D eigenvalue weighted by molar-refractivity contribution is -0.136. The van der Waals surface area contributed by atoms with Gasteiger partial charge in [0.1, 0.15) is 12.4 Å². The number of halogens is 2. The van der Waals surface area contributed by atoms with Gasteiger partial charge in [0.05, 0.1) is 17.2 Å². The molecule has 1 fully saturated rings. The molecule has 4 aromatic carbocycles. The Balaban J connectivity index is 1.06. The number of nitriles is 1. The molecule has 13 nitrogen and oxygen atoms in total. The smallest absolute Gasteiger partial charge is 0.323 e. The van der Waals surface area contributed by atoms with Gasteiger partial charge in [-0.1, -0.05) is 55.8 Å². The molecule has 1 aliphatic rings. The molecular formula is C40H37ClFN9O4. The SMILES string of the molecule is CC(C)(CNC(=O)C(=O)Nc1ccc(C#N)cc1)CNC(=O)c1ccc(Nc2nc(NC3(c4ccc(Cl)cc4)CC3)nc(OCc3ccccc3F)n2)cc1. The molecule has 55 heavy (non-hydrogen) atoms. The summed E-state index contributed by atoms with van der Waals surface area (Å²) in [5.74, 6) is -2.00. The Morgan fingerprint density at radius 2 is 1.49 bits per heavy atom. The number of hydrogen-bond acceptors (Lipinski definition) is 10. The Morgan fingerprint density at radius 3 is 2.16 bits per heavy atom. The Kier molecular flexibility index (Phi) is 11.5. The van der Waals surface area contributed by atoms with E-state index in [1.54, 1.807) is 42.5 Å². The molecule has 0 spiro atoms. The summed E-state index contributed by atoms with van der Waals surface area (Å²) in [4.78, 5) is 51.2. The average Bonchev–Trinajstić information content (AvgIpc) is 3.96. The fourth-order valence-corrected chi connectivity index (χ4v) is 5.54. The van der Waals surface area contributed by atoms with Crippen LogP contribution < -0.4 is 31.3 Å². The summed E-state index contributed by atoms with van der Waals surface area (Å²) in [7, 11) is 0. The lowest BCUT2D eigenvalue weighted by Crippen LogP contribution is -2.44.